The van der Waals surface area contributed by atoms with Gasteiger partial charge in [-0.2, -0.15) is 5.26 Å². The Hall–Kier alpha value is -1.61. The molecule has 0 unspecified atom stereocenters. The summed E-state index contributed by atoms with van der Waals surface area (Å²) < 4.78 is 5.21. The van der Waals surface area contributed by atoms with Gasteiger partial charge < -0.3 is 10.1 Å². The van der Waals surface area contributed by atoms with E-state index < -0.39 is 5.97 Å². The first kappa shape index (κ1) is 15.4. The van der Waals surface area contributed by atoms with Crippen molar-refractivity contribution in [2.45, 2.75) is 13.8 Å². The maximum absolute atomic E-state index is 11.2. The van der Waals surface area contributed by atoms with Crippen LogP contribution in [0.2, 0.25) is 0 Å². The highest BCUT2D eigenvalue weighted by molar-refractivity contribution is 9.10. The Kier molecular flexibility index (Phi) is 7.72. The van der Waals surface area contributed by atoms with Gasteiger partial charge in [0.25, 0.3) is 0 Å². The number of carbonyl (C=O) groups is 1. The molecule has 6 heteroatoms. The van der Waals surface area contributed by atoms with Crippen LogP contribution in [0.25, 0.3) is 0 Å². The van der Waals surface area contributed by atoms with Gasteiger partial charge in [-0.3, -0.25) is 0 Å². The minimum Gasteiger partial charge on any atom is -0.464 e. The van der Waals surface area contributed by atoms with Crippen molar-refractivity contribution in [1.29, 1.82) is 5.26 Å². The molecule has 1 aromatic heterocycles. The lowest BCUT2D eigenvalue weighted by Gasteiger charge is -2.05. The SMILES string of the molecule is CC.COC(=O)c1ccc(Br)c(NCC#N)n1. The fraction of sp³-hybridized carbons (Fsp3) is 0.364. The Bertz CT molecular complexity index is 416. The first-order valence-electron chi connectivity index (χ1n) is 5.04. The van der Waals surface area contributed by atoms with E-state index in [0.29, 0.717) is 10.3 Å². The van der Waals surface area contributed by atoms with E-state index in [0.717, 1.165) is 0 Å². The van der Waals surface area contributed by atoms with E-state index in [1.807, 2.05) is 19.9 Å². The second kappa shape index (κ2) is 8.53. The van der Waals surface area contributed by atoms with Crippen molar-refractivity contribution in [3.05, 3.63) is 22.3 Å². The molecule has 0 aliphatic rings. The minimum atomic E-state index is -0.512. The second-order valence-electron chi connectivity index (χ2n) is 2.53. The molecule has 0 spiro atoms. The number of methoxy groups -OCH3 is 1. The number of esters is 1. The lowest BCUT2D eigenvalue weighted by Crippen LogP contribution is -2.08. The zero-order valence-electron chi connectivity index (χ0n) is 9.95. The predicted molar refractivity (Wildman–Crippen MR) is 68.7 cm³/mol. The van der Waals surface area contributed by atoms with Gasteiger partial charge in [0.1, 0.15) is 12.4 Å². The zero-order valence-corrected chi connectivity index (χ0v) is 11.5. The lowest BCUT2D eigenvalue weighted by molar-refractivity contribution is 0.0594. The Morgan fingerprint density at radius 1 is 1.59 bits per heavy atom. The summed E-state index contributed by atoms with van der Waals surface area (Å²) in [6, 6.07) is 5.12. The van der Waals surface area contributed by atoms with Crippen LogP contribution in [0.4, 0.5) is 5.82 Å². The average molecular weight is 300 g/mol. The van der Waals surface area contributed by atoms with E-state index in [1.54, 1.807) is 6.07 Å². The first-order valence-corrected chi connectivity index (χ1v) is 5.84. The summed E-state index contributed by atoms with van der Waals surface area (Å²) in [6.07, 6.45) is 0. The summed E-state index contributed by atoms with van der Waals surface area (Å²) in [5.74, 6) is -0.0676. The molecule has 0 radical (unpaired) electrons. The van der Waals surface area contributed by atoms with Crippen molar-refractivity contribution in [2.75, 3.05) is 19.0 Å². The number of nitrogens with one attached hydrogen (secondary N) is 1. The largest absolute Gasteiger partial charge is 0.464 e. The van der Waals surface area contributed by atoms with E-state index in [9.17, 15) is 4.79 Å². The maximum atomic E-state index is 11.2. The average Bonchev–Trinajstić information content (AvgIpc) is 2.39. The summed E-state index contributed by atoms with van der Waals surface area (Å²) in [6.45, 7) is 4.12. The van der Waals surface area contributed by atoms with E-state index in [2.05, 4.69) is 31.0 Å². The fourth-order valence-electron chi connectivity index (χ4n) is 0.908. The Morgan fingerprint density at radius 2 is 2.24 bits per heavy atom. The standard InChI is InChI=1S/C9H8BrN3O2.C2H6/c1-15-9(14)7-3-2-6(10)8(13-7)12-5-4-11;1-2/h2-3H,5H2,1H3,(H,12,13);1-2H3. The number of ether oxygens (including phenoxy) is 1. The number of pyridine rings is 1. The zero-order chi connectivity index (χ0) is 13.3. The number of nitriles is 1. The molecule has 1 aromatic rings. The van der Waals surface area contributed by atoms with Crippen molar-refractivity contribution >= 4 is 27.7 Å². The van der Waals surface area contributed by atoms with E-state index in [1.165, 1.54) is 13.2 Å². The number of aromatic nitrogens is 1. The molecule has 1 heterocycles. The van der Waals surface area contributed by atoms with Crippen LogP contribution in [0.15, 0.2) is 16.6 Å². The van der Waals surface area contributed by atoms with Crippen molar-refractivity contribution in [3.8, 4) is 6.07 Å². The molecule has 92 valence electrons. The van der Waals surface area contributed by atoms with Crippen LogP contribution in [0.5, 0.6) is 0 Å². The Morgan fingerprint density at radius 3 is 2.76 bits per heavy atom. The molecule has 0 aromatic carbocycles. The molecule has 0 aliphatic heterocycles. The first-order chi connectivity index (χ1) is 8.19. The molecule has 0 fully saturated rings. The monoisotopic (exact) mass is 299 g/mol. The van der Waals surface area contributed by atoms with Crippen LogP contribution in [0, 0.1) is 11.3 Å². The summed E-state index contributed by atoms with van der Waals surface area (Å²) in [5, 5.41) is 11.2. The van der Waals surface area contributed by atoms with Gasteiger partial charge in [0.2, 0.25) is 0 Å². The third-order valence-electron chi connectivity index (χ3n) is 1.58. The number of hydrogen-bond donors (Lipinski definition) is 1. The lowest BCUT2D eigenvalue weighted by atomic mass is 10.3. The third kappa shape index (κ3) is 4.83. The number of carbonyl (C=O) groups excluding carboxylic acids is 1. The quantitative estimate of drug-likeness (QED) is 0.686. The maximum Gasteiger partial charge on any atom is 0.356 e. The Balaban J connectivity index is 0.00000121. The molecule has 0 amide bonds. The van der Waals surface area contributed by atoms with Crippen LogP contribution < -0.4 is 5.32 Å². The third-order valence-corrected chi connectivity index (χ3v) is 2.22. The van der Waals surface area contributed by atoms with Gasteiger partial charge in [0.15, 0.2) is 5.69 Å². The molecule has 1 rings (SSSR count). The molecule has 0 aliphatic carbocycles. The van der Waals surface area contributed by atoms with Crippen molar-refractivity contribution in [2.24, 2.45) is 0 Å². The molecule has 0 bridgehead atoms. The summed E-state index contributed by atoms with van der Waals surface area (Å²) in [5.41, 5.74) is 0.195. The van der Waals surface area contributed by atoms with Gasteiger partial charge in [-0.05, 0) is 28.1 Å². The summed E-state index contributed by atoms with van der Waals surface area (Å²) >= 11 is 3.25. The van der Waals surface area contributed by atoms with E-state index >= 15 is 0 Å². The molecule has 5 nitrogen and oxygen atoms in total. The number of anilines is 1. The van der Waals surface area contributed by atoms with Crippen LogP contribution in [-0.2, 0) is 4.74 Å². The number of halogens is 1. The molecule has 0 saturated heterocycles. The highest BCUT2D eigenvalue weighted by Crippen LogP contribution is 2.20. The molecule has 0 saturated carbocycles. The normalized spacial score (nSPS) is 8.41. The summed E-state index contributed by atoms with van der Waals surface area (Å²) in [7, 11) is 1.29. The molecule has 17 heavy (non-hydrogen) atoms. The smallest absolute Gasteiger partial charge is 0.356 e. The number of hydrogen-bond acceptors (Lipinski definition) is 5. The fourth-order valence-corrected chi connectivity index (χ4v) is 1.27. The van der Waals surface area contributed by atoms with Crippen LogP contribution in [0.1, 0.15) is 24.3 Å². The van der Waals surface area contributed by atoms with Gasteiger partial charge in [-0.1, -0.05) is 13.8 Å². The van der Waals surface area contributed by atoms with Crippen LogP contribution >= 0.6 is 15.9 Å². The minimum absolute atomic E-state index is 0.121. The van der Waals surface area contributed by atoms with Crippen molar-refractivity contribution in [1.82, 2.24) is 4.98 Å². The number of nitrogens with zero attached hydrogens (tertiary/aromatic N) is 2. The highest BCUT2D eigenvalue weighted by Gasteiger charge is 2.09. The highest BCUT2D eigenvalue weighted by atomic mass is 79.9. The van der Waals surface area contributed by atoms with Gasteiger partial charge in [0.05, 0.1) is 17.7 Å². The predicted octanol–water partition coefficient (Wildman–Crippen LogP) is 2.59. The molecular formula is C11H14BrN3O2. The summed E-state index contributed by atoms with van der Waals surface area (Å²) in [4.78, 5) is 15.2. The van der Waals surface area contributed by atoms with Gasteiger partial charge >= 0.3 is 5.97 Å². The van der Waals surface area contributed by atoms with E-state index in [4.69, 9.17) is 5.26 Å². The second-order valence-corrected chi connectivity index (χ2v) is 3.38. The van der Waals surface area contributed by atoms with E-state index in [-0.39, 0.29) is 12.2 Å². The van der Waals surface area contributed by atoms with Gasteiger partial charge in [-0.25, -0.2) is 9.78 Å². The van der Waals surface area contributed by atoms with Gasteiger partial charge in [0, 0.05) is 0 Å². The molecular weight excluding hydrogens is 286 g/mol. The van der Waals surface area contributed by atoms with Crippen molar-refractivity contribution < 1.29 is 9.53 Å². The Labute approximate surface area is 109 Å². The van der Waals surface area contributed by atoms with Crippen molar-refractivity contribution in [3.63, 3.8) is 0 Å². The van der Waals surface area contributed by atoms with Crippen LogP contribution in [-0.4, -0.2) is 24.6 Å². The molecule has 1 N–H and O–H groups in total. The van der Waals surface area contributed by atoms with Gasteiger partial charge in [-0.15, -0.1) is 0 Å². The molecule has 0 atom stereocenters. The topological polar surface area (TPSA) is 75.0 Å². The van der Waals surface area contributed by atoms with Crippen LogP contribution in [0.3, 0.4) is 0 Å². The number of rotatable bonds is 3.